The van der Waals surface area contributed by atoms with E-state index >= 15 is 0 Å². The van der Waals surface area contributed by atoms with Gasteiger partial charge in [0, 0.05) is 24.7 Å². The van der Waals surface area contributed by atoms with Gasteiger partial charge in [0.25, 0.3) is 0 Å². The topological polar surface area (TPSA) is 46.9 Å². The molecule has 1 saturated carbocycles. The highest BCUT2D eigenvalue weighted by molar-refractivity contribution is 6.28. The lowest BCUT2D eigenvalue weighted by Crippen LogP contribution is -2.13. The summed E-state index contributed by atoms with van der Waals surface area (Å²) in [5.41, 5.74) is 1.19. The van der Waals surface area contributed by atoms with Gasteiger partial charge in [0.05, 0.1) is 0 Å². The molecule has 1 aliphatic rings. The quantitative estimate of drug-likeness (QED) is 0.774. The summed E-state index contributed by atoms with van der Waals surface area (Å²) < 4.78 is 1.82. The molecule has 0 radical (unpaired) electrons. The minimum atomic E-state index is -0.216. The van der Waals surface area contributed by atoms with Crippen LogP contribution in [0.5, 0.6) is 0 Å². The van der Waals surface area contributed by atoms with Crippen molar-refractivity contribution in [2.45, 2.75) is 18.8 Å². The van der Waals surface area contributed by atoms with Crippen molar-refractivity contribution in [1.82, 2.24) is 9.78 Å². The molecule has 0 spiro atoms. The van der Waals surface area contributed by atoms with Crippen LogP contribution in [0.2, 0.25) is 0 Å². The van der Waals surface area contributed by atoms with Gasteiger partial charge in [-0.1, -0.05) is 0 Å². The van der Waals surface area contributed by atoms with Crippen LogP contribution in [0.4, 0.5) is 5.82 Å². The van der Waals surface area contributed by atoms with Crippen molar-refractivity contribution in [3.05, 3.63) is 11.8 Å². The normalized spacial score (nSPS) is 15.6. The number of carbonyl (C=O) groups is 1. The number of carbonyl (C=O) groups excluding carboxylic acids is 1. The molecule has 5 heteroatoms. The van der Waals surface area contributed by atoms with Crippen LogP contribution in [-0.4, -0.2) is 21.6 Å². The maximum atomic E-state index is 11.0. The zero-order valence-corrected chi connectivity index (χ0v) is 8.71. The van der Waals surface area contributed by atoms with Crippen LogP contribution < -0.4 is 5.32 Å². The maximum absolute atomic E-state index is 11.0. The first-order chi connectivity index (χ1) is 6.70. The molecule has 2 rings (SSSR count). The summed E-state index contributed by atoms with van der Waals surface area (Å²) in [5, 5.41) is 6.82. The Labute approximate surface area is 87.2 Å². The highest BCUT2D eigenvalue weighted by Gasteiger charge is 2.27. The van der Waals surface area contributed by atoms with Crippen LogP contribution in [0.25, 0.3) is 0 Å². The molecule has 1 amide bonds. The van der Waals surface area contributed by atoms with E-state index in [-0.39, 0.29) is 11.8 Å². The Balaban J connectivity index is 2.11. The van der Waals surface area contributed by atoms with Crippen LogP contribution in [0, 0.1) is 0 Å². The fourth-order valence-corrected chi connectivity index (χ4v) is 1.55. The van der Waals surface area contributed by atoms with E-state index in [1.165, 1.54) is 18.5 Å². The number of anilines is 1. The summed E-state index contributed by atoms with van der Waals surface area (Å²) in [6.07, 6.45) is 2.45. The van der Waals surface area contributed by atoms with Crippen LogP contribution in [0.3, 0.4) is 0 Å². The molecule has 0 aliphatic heterocycles. The molecule has 0 atom stereocenters. The second-order valence-corrected chi connectivity index (χ2v) is 3.80. The lowest BCUT2D eigenvalue weighted by atomic mass is 10.3. The molecule has 14 heavy (non-hydrogen) atoms. The molecule has 76 valence electrons. The average Bonchev–Trinajstić information content (AvgIpc) is 2.92. The number of halogens is 1. The van der Waals surface area contributed by atoms with Crippen molar-refractivity contribution in [1.29, 1.82) is 0 Å². The Hall–Kier alpha value is -1.03. The maximum Gasteiger partial charge on any atom is 0.240 e. The molecule has 1 aliphatic carbocycles. The van der Waals surface area contributed by atoms with Crippen molar-refractivity contribution in [3.63, 3.8) is 0 Å². The molecule has 0 saturated heterocycles. The number of aromatic nitrogens is 2. The molecular formula is C9H12ClN3O. The zero-order chi connectivity index (χ0) is 10.1. The highest BCUT2D eigenvalue weighted by atomic mass is 35.5. The smallest absolute Gasteiger partial charge is 0.240 e. The first-order valence-corrected chi connectivity index (χ1v) is 5.14. The highest BCUT2D eigenvalue weighted by Crippen LogP contribution is 2.40. The Morgan fingerprint density at radius 3 is 3.07 bits per heavy atom. The van der Waals surface area contributed by atoms with Gasteiger partial charge >= 0.3 is 0 Å². The fraction of sp³-hybridized carbons (Fsp3) is 0.556. The SMILES string of the molecule is Cn1nc(NC(=O)CCl)cc1C1CC1. The first-order valence-electron chi connectivity index (χ1n) is 4.60. The average molecular weight is 214 g/mol. The van der Waals surface area contributed by atoms with Gasteiger partial charge in [-0.25, -0.2) is 0 Å². The Kier molecular flexibility index (Phi) is 2.46. The Bertz CT molecular complexity index is 357. The summed E-state index contributed by atoms with van der Waals surface area (Å²) in [6.45, 7) is 0. The van der Waals surface area contributed by atoms with Crippen LogP contribution >= 0.6 is 11.6 Å². The molecule has 0 aromatic carbocycles. The summed E-state index contributed by atoms with van der Waals surface area (Å²) in [7, 11) is 1.89. The van der Waals surface area contributed by atoms with Gasteiger partial charge in [0.15, 0.2) is 5.82 Å². The van der Waals surface area contributed by atoms with Gasteiger partial charge in [0.2, 0.25) is 5.91 Å². The van der Waals surface area contributed by atoms with Gasteiger partial charge in [-0.3, -0.25) is 9.48 Å². The largest absolute Gasteiger partial charge is 0.308 e. The molecule has 1 heterocycles. The van der Waals surface area contributed by atoms with Crippen LogP contribution in [0.1, 0.15) is 24.5 Å². The van der Waals surface area contributed by atoms with E-state index in [1.54, 1.807) is 0 Å². The van der Waals surface area contributed by atoms with E-state index in [0.717, 1.165) is 0 Å². The number of amides is 1. The summed E-state index contributed by atoms with van der Waals surface area (Å²) in [4.78, 5) is 11.0. The molecule has 0 unspecified atom stereocenters. The number of hydrogen-bond donors (Lipinski definition) is 1. The van der Waals surface area contributed by atoms with E-state index in [1.807, 2.05) is 17.8 Å². The van der Waals surface area contributed by atoms with E-state index in [9.17, 15) is 4.79 Å². The molecular weight excluding hydrogens is 202 g/mol. The van der Waals surface area contributed by atoms with Crippen molar-refractivity contribution < 1.29 is 4.79 Å². The van der Waals surface area contributed by atoms with Gasteiger partial charge in [0.1, 0.15) is 5.88 Å². The molecule has 1 aromatic heterocycles. The summed E-state index contributed by atoms with van der Waals surface area (Å²) in [6, 6.07) is 1.92. The monoisotopic (exact) mass is 213 g/mol. The van der Waals surface area contributed by atoms with Crippen molar-refractivity contribution in [2.24, 2.45) is 7.05 Å². The van der Waals surface area contributed by atoms with E-state index in [4.69, 9.17) is 11.6 Å². The molecule has 0 bridgehead atoms. The predicted molar refractivity (Wildman–Crippen MR) is 54.5 cm³/mol. The fourth-order valence-electron chi connectivity index (χ4n) is 1.48. The van der Waals surface area contributed by atoms with Crippen LogP contribution in [0.15, 0.2) is 6.07 Å². The lowest BCUT2D eigenvalue weighted by Gasteiger charge is -1.95. The standard InChI is InChI=1S/C9H12ClN3O/c1-13-7(6-2-3-6)4-8(12-13)11-9(14)5-10/h4,6H,2-3,5H2,1H3,(H,11,12,14). The Morgan fingerprint density at radius 2 is 2.50 bits per heavy atom. The van der Waals surface area contributed by atoms with Gasteiger partial charge in [-0.05, 0) is 12.8 Å². The van der Waals surface area contributed by atoms with Gasteiger partial charge < -0.3 is 5.32 Å². The van der Waals surface area contributed by atoms with Crippen molar-refractivity contribution >= 4 is 23.3 Å². The number of rotatable bonds is 3. The van der Waals surface area contributed by atoms with Crippen molar-refractivity contribution in [2.75, 3.05) is 11.2 Å². The molecule has 1 aromatic rings. The number of nitrogens with one attached hydrogen (secondary N) is 1. The first kappa shape index (κ1) is 9.52. The number of alkyl halides is 1. The number of nitrogens with zero attached hydrogens (tertiary/aromatic N) is 2. The van der Waals surface area contributed by atoms with E-state index in [2.05, 4.69) is 10.4 Å². The number of aryl methyl sites for hydroxylation is 1. The minimum Gasteiger partial charge on any atom is -0.308 e. The molecule has 4 nitrogen and oxygen atoms in total. The predicted octanol–water partition coefficient (Wildman–Crippen LogP) is 1.47. The van der Waals surface area contributed by atoms with Gasteiger partial charge in [-0.15, -0.1) is 11.6 Å². The zero-order valence-electron chi connectivity index (χ0n) is 7.96. The summed E-state index contributed by atoms with van der Waals surface area (Å²) in [5.74, 6) is 0.983. The second-order valence-electron chi connectivity index (χ2n) is 3.53. The lowest BCUT2D eigenvalue weighted by molar-refractivity contribution is -0.113. The minimum absolute atomic E-state index is 0.0324. The second kappa shape index (κ2) is 3.61. The molecule has 1 fully saturated rings. The Morgan fingerprint density at radius 1 is 1.79 bits per heavy atom. The van der Waals surface area contributed by atoms with Crippen molar-refractivity contribution in [3.8, 4) is 0 Å². The third-order valence-electron chi connectivity index (χ3n) is 2.30. The van der Waals surface area contributed by atoms with E-state index < -0.39 is 0 Å². The van der Waals surface area contributed by atoms with Gasteiger partial charge in [-0.2, -0.15) is 5.10 Å². The third kappa shape index (κ3) is 1.90. The van der Waals surface area contributed by atoms with Crippen LogP contribution in [-0.2, 0) is 11.8 Å². The molecule has 1 N–H and O–H groups in total. The van der Waals surface area contributed by atoms with E-state index in [0.29, 0.717) is 11.7 Å². The summed E-state index contributed by atoms with van der Waals surface area (Å²) >= 11 is 5.38. The number of hydrogen-bond acceptors (Lipinski definition) is 2. The third-order valence-corrected chi connectivity index (χ3v) is 2.54.